The lowest BCUT2D eigenvalue weighted by Gasteiger charge is -2.38. The number of aromatic nitrogens is 3. The van der Waals surface area contributed by atoms with Crippen molar-refractivity contribution in [2.45, 2.75) is 24.8 Å². The molecule has 0 atom stereocenters. The number of benzene rings is 1. The fourth-order valence-electron chi connectivity index (χ4n) is 3.15. The maximum absolute atomic E-state index is 13.4. The smallest absolute Gasteiger partial charge is 0.251 e. The summed E-state index contributed by atoms with van der Waals surface area (Å²) in [5.74, 6) is -0.574. The second kappa shape index (κ2) is 7.44. The molecule has 1 aliphatic rings. The van der Waals surface area contributed by atoms with Gasteiger partial charge in [-0.05, 0) is 37.5 Å². The average molecular weight is 377 g/mol. The lowest BCUT2D eigenvalue weighted by atomic mass is 9.78. The third kappa shape index (κ3) is 3.89. The van der Waals surface area contributed by atoms with Crippen LogP contribution in [0.15, 0.2) is 55.1 Å². The van der Waals surface area contributed by atoms with Gasteiger partial charge in [-0.15, -0.1) is 0 Å². The number of nitrogens with zero attached hydrogens (tertiary/aromatic N) is 3. The molecule has 142 valence electrons. The highest BCUT2D eigenvalue weighted by Crippen LogP contribution is 2.28. The van der Waals surface area contributed by atoms with E-state index in [1.54, 1.807) is 24.5 Å². The zero-order chi connectivity index (χ0) is 19.6. The molecule has 2 heterocycles. The third-order valence-electron chi connectivity index (χ3n) is 5.03. The Labute approximate surface area is 162 Å². The molecule has 1 aromatic carbocycles. The fraction of sp³-hybridized carbons (Fsp3) is 0.238. The Balaban J connectivity index is 1.49. The number of amides is 1. The minimum atomic E-state index is -0.429. The maximum Gasteiger partial charge on any atom is 0.251 e. The molecule has 1 aliphatic carbocycles. The van der Waals surface area contributed by atoms with Crippen LogP contribution >= 0.6 is 0 Å². The van der Waals surface area contributed by atoms with Crippen molar-refractivity contribution in [2.75, 3.05) is 6.54 Å². The molecule has 1 saturated carbocycles. The summed E-state index contributed by atoms with van der Waals surface area (Å²) in [6, 6.07) is 8.47. The molecule has 4 rings (SSSR count). The van der Waals surface area contributed by atoms with Gasteiger partial charge in [0.15, 0.2) is 0 Å². The van der Waals surface area contributed by atoms with Gasteiger partial charge >= 0.3 is 0 Å². The van der Waals surface area contributed by atoms with Gasteiger partial charge in [-0.3, -0.25) is 14.8 Å². The van der Waals surface area contributed by atoms with Crippen LogP contribution in [0, 0.1) is 5.82 Å². The Morgan fingerprint density at radius 1 is 1.04 bits per heavy atom. The third-order valence-corrected chi connectivity index (χ3v) is 5.03. The summed E-state index contributed by atoms with van der Waals surface area (Å²) < 4.78 is 13.4. The van der Waals surface area contributed by atoms with E-state index >= 15 is 0 Å². The van der Waals surface area contributed by atoms with Crippen molar-refractivity contribution in [3.05, 3.63) is 66.5 Å². The maximum atomic E-state index is 13.4. The molecule has 1 fully saturated rings. The molecule has 0 radical (unpaired) electrons. The Morgan fingerprint density at radius 2 is 1.71 bits per heavy atom. The van der Waals surface area contributed by atoms with E-state index in [0.717, 1.165) is 31.0 Å². The predicted octanol–water partition coefficient (Wildman–Crippen LogP) is 2.96. The van der Waals surface area contributed by atoms with Gasteiger partial charge in [0, 0.05) is 35.0 Å². The molecule has 7 heteroatoms. The van der Waals surface area contributed by atoms with Crippen LogP contribution < -0.4 is 11.1 Å². The number of carbonyl (C=O) groups is 1. The summed E-state index contributed by atoms with van der Waals surface area (Å²) in [5.41, 5.74) is 8.97. The van der Waals surface area contributed by atoms with Crippen LogP contribution in [0.1, 0.15) is 29.6 Å². The molecule has 0 bridgehead atoms. The van der Waals surface area contributed by atoms with Crippen LogP contribution in [0.2, 0.25) is 0 Å². The Hall–Kier alpha value is -3.19. The van der Waals surface area contributed by atoms with Gasteiger partial charge in [-0.25, -0.2) is 9.37 Å². The molecule has 0 saturated heterocycles. The Bertz CT molecular complexity index is 1000. The van der Waals surface area contributed by atoms with Gasteiger partial charge in [0.1, 0.15) is 5.82 Å². The van der Waals surface area contributed by atoms with E-state index in [1.165, 1.54) is 12.3 Å². The number of halogens is 1. The van der Waals surface area contributed by atoms with Crippen LogP contribution in [0.5, 0.6) is 0 Å². The fourth-order valence-corrected chi connectivity index (χ4v) is 3.15. The van der Waals surface area contributed by atoms with Crippen molar-refractivity contribution < 1.29 is 9.18 Å². The standard InChI is InChI=1S/C21H20FN5O/c22-17-8-16(9-24-10-17)19-12-25-11-18(27-19)14-2-4-15(5-3-14)20(28)26-13-21(23)6-1-7-21/h2-5,8-12H,1,6-7,13,23H2,(H,26,28). The number of carbonyl (C=O) groups excluding carboxylic acids is 1. The van der Waals surface area contributed by atoms with E-state index in [2.05, 4.69) is 20.3 Å². The van der Waals surface area contributed by atoms with Crippen LogP contribution in [-0.2, 0) is 0 Å². The summed E-state index contributed by atoms with van der Waals surface area (Å²) >= 11 is 0. The van der Waals surface area contributed by atoms with Gasteiger partial charge in [0.25, 0.3) is 5.91 Å². The molecule has 3 aromatic rings. The molecule has 0 spiro atoms. The SMILES string of the molecule is NC1(CNC(=O)c2ccc(-c3cncc(-c4cncc(F)c4)n3)cc2)CCC1. The monoisotopic (exact) mass is 377 g/mol. The number of rotatable bonds is 5. The van der Waals surface area contributed by atoms with Crippen LogP contribution in [0.25, 0.3) is 22.5 Å². The van der Waals surface area contributed by atoms with E-state index in [9.17, 15) is 9.18 Å². The zero-order valence-electron chi connectivity index (χ0n) is 15.2. The minimum absolute atomic E-state index is 0.144. The first-order valence-corrected chi connectivity index (χ1v) is 9.13. The number of hydrogen-bond donors (Lipinski definition) is 2. The zero-order valence-corrected chi connectivity index (χ0v) is 15.2. The summed E-state index contributed by atoms with van der Waals surface area (Å²) in [7, 11) is 0. The van der Waals surface area contributed by atoms with Gasteiger partial charge in [0.05, 0.1) is 30.0 Å². The van der Waals surface area contributed by atoms with Gasteiger partial charge in [-0.2, -0.15) is 0 Å². The second-order valence-corrected chi connectivity index (χ2v) is 7.16. The molecule has 2 aromatic heterocycles. The Kier molecular flexibility index (Phi) is 4.83. The Morgan fingerprint density at radius 3 is 2.36 bits per heavy atom. The van der Waals surface area contributed by atoms with Crippen molar-refractivity contribution >= 4 is 5.91 Å². The molecular formula is C21H20FN5O. The van der Waals surface area contributed by atoms with Crippen molar-refractivity contribution in [3.63, 3.8) is 0 Å². The summed E-state index contributed by atoms with van der Waals surface area (Å²) in [5, 5.41) is 2.90. The number of nitrogens with two attached hydrogens (primary N) is 1. The predicted molar refractivity (Wildman–Crippen MR) is 104 cm³/mol. The topological polar surface area (TPSA) is 93.8 Å². The largest absolute Gasteiger partial charge is 0.350 e. The summed E-state index contributed by atoms with van der Waals surface area (Å²) in [6.07, 6.45) is 8.88. The molecular weight excluding hydrogens is 357 g/mol. The first-order valence-electron chi connectivity index (χ1n) is 9.13. The average Bonchev–Trinajstić information content (AvgIpc) is 2.71. The van der Waals surface area contributed by atoms with E-state index in [1.807, 2.05) is 12.1 Å². The highest BCUT2D eigenvalue weighted by atomic mass is 19.1. The highest BCUT2D eigenvalue weighted by Gasteiger charge is 2.32. The minimum Gasteiger partial charge on any atom is -0.350 e. The van der Waals surface area contributed by atoms with Crippen molar-refractivity contribution in [2.24, 2.45) is 5.73 Å². The first-order chi connectivity index (χ1) is 13.5. The van der Waals surface area contributed by atoms with E-state index < -0.39 is 5.82 Å². The lowest BCUT2D eigenvalue weighted by Crippen LogP contribution is -2.54. The number of hydrogen-bond acceptors (Lipinski definition) is 5. The molecule has 0 aliphatic heterocycles. The van der Waals surface area contributed by atoms with E-state index in [0.29, 0.717) is 29.1 Å². The summed E-state index contributed by atoms with van der Waals surface area (Å²) in [6.45, 7) is 0.489. The number of nitrogens with one attached hydrogen (secondary N) is 1. The summed E-state index contributed by atoms with van der Waals surface area (Å²) in [4.78, 5) is 24.9. The van der Waals surface area contributed by atoms with E-state index in [4.69, 9.17) is 5.73 Å². The van der Waals surface area contributed by atoms with Gasteiger partial charge < -0.3 is 11.1 Å². The van der Waals surface area contributed by atoms with Gasteiger partial charge in [0.2, 0.25) is 0 Å². The molecule has 1 amide bonds. The van der Waals surface area contributed by atoms with Crippen molar-refractivity contribution in [3.8, 4) is 22.5 Å². The van der Waals surface area contributed by atoms with Crippen molar-refractivity contribution in [1.82, 2.24) is 20.3 Å². The van der Waals surface area contributed by atoms with E-state index in [-0.39, 0.29) is 11.4 Å². The van der Waals surface area contributed by atoms with Crippen LogP contribution in [0.3, 0.4) is 0 Å². The molecule has 6 nitrogen and oxygen atoms in total. The molecule has 0 unspecified atom stereocenters. The highest BCUT2D eigenvalue weighted by molar-refractivity contribution is 5.94. The second-order valence-electron chi connectivity index (χ2n) is 7.16. The van der Waals surface area contributed by atoms with Crippen LogP contribution in [-0.4, -0.2) is 32.9 Å². The lowest BCUT2D eigenvalue weighted by molar-refractivity contribution is 0.0930. The molecule has 3 N–H and O–H groups in total. The molecule has 28 heavy (non-hydrogen) atoms. The van der Waals surface area contributed by atoms with Crippen molar-refractivity contribution in [1.29, 1.82) is 0 Å². The van der Waals surface area contributed by atoms with Gasteiger partial charge in [-0.1, -0.05) is 12.1 Å². The van der Waals surface area contributed by atoms with Crippen LogP contribution in [0.4, 0.5) is 4.39 Å². The normalized spacial score (nSPS) is 14.9. The number of pyridine rings is 1. The quantitative estimate of drug-likeness (QED) is 0.713. The first kappa shape index (κ1) is 18.2.